The highest BCUT2D eigenvalue weighted by Crippen LogP contribution is 2.34. The summed E-state index contributed by atoms with van der Waals surface area (Å²) in [5.74, 6) is 1.08. The zero-order valence-electron chi connectivity index (χ0n) is 16.5. The summed E-state index contributed by atoms with van der Waals surface area (Å²) < 4.78 is 13.2. The number of esters is 1. The Balaban J connectivity index is 1.89. The van der Waals surface area contributed by atoms with E-state index in [0.717, 1.165) is 15.9 Å². The van der Waals surface area contributed by atoms with Crippen LogP contribution in [0, 0.1) is 0 Å². The van der Waals surface area contributed by atoms with Crippen LogP contribution in [0.25, 0.3) is 5.69 Å². The summed E-state index contributed by atoms with van der Waals surface area (Å²) in [7, 11) is 0. The van der Waals surface area contributed by atoms with Crippen LogP contribution < -0.4 is 4.74 Å². The van der Waals surface area contributed by atoms with E-state index < -0.39 is 4.75 Å². The normalized spacial score (nSPS) is 11.3. The van der Waals surface area contributed by atoms with Crippen molar-refractivity contribution in [2.75, 3.05) is 6.61 Å². The molecule has 8 heteroatoms. The number of carbonyl (C=O) groups excluding carboxylic acids is 1. The van der Waals surface area contributed by atoms with Gasteiger partial charge in [-0.05, 0) is 57.2 Å². The molecule has 0 radical (unpaired) electrons. The molecule has 0 spiro atoms. The number of para-hydroxylation sites is 1. The molecular formula is C21H22BrN3O3S. The molecule has 1 aromatic heterocycles. The smallest absolute Gasteiger partial charge is 0.322 e. The minimum Gasteiger partial charge on any atom is -0.486 e. The van der Waals surface area contributed by atoms with Crippen LogP contribution in [0.1, 0.15) is 26.6 Å². The van der Waals surface area contributed by atoms with Gasteiger partial charge in [-0.2, -0.15) is 0 Å². The fraction of sp³-hybridized carbons (Fsp3) is 0.286. The molecule has 0 unspecified atom stereocenters. The van der Waals surface area contributed by atoms with Gasteiger partial charge < -0.3 is 9.47 Å². The number of thioether (sulfide) groups is 1. The lowest BCUT2D eigenvalue weighted by atomic mass is 10.2. The Morgan fingerprint density at radius 2 is 1.79 bits per heavy atom. The first kappa shape index (κ1) is 21.4. The SMILES string of the molecule is CCOC(=O)C(C)(C)Sc1nnc(COc2ccc(Br)cc2)n1-c1ccccc1. The van der Waals surface area contributed by atoms with Gasteiger partial charge in [-0.3, -0.25) is 9.36 Å². The molecule has 0 amide bonds. The molecule has 0 aliphatic carbocycles. The van der Waals surface area contributed by atoms with Gasteiger partial charge in [-0.15, -0.1) is 10.2 Å². The maximum atomic E-state index is 12.3. The lowest BCUT2D eigenvalue weighted by molar-refractivity contribution is -0.145. The molecule has 0 saturated carbocycles. The van der Waals surface area contributed by atoms with Crippen molar-refractivity contribution >= 4 is 33.7 Å². The summed E-state index contributed by atoms with van der Waals surface area (Å²) in [5.41, 5.74) is 0.897. The van der Waals surface area contributed by atoms with Gasteiger partial charge >= 0.3 is 5.97 Å². The molecule has 0 N–H and O–H groups in total. The van der Waals surface area contributed by atoms with E-state index >= 15 is 0 Å². The Morgan fingerprint density at radius 1 is 1.10 bits per heavy atom. The Bertz CT molecular complexity index is 959. The van der Waals surface area contributed by atoms with Crippen molar-refractivity contribution in [2.45, 2.75) is 37.3 Å². The molecule has 0 atom stereocenters. The van der Waals surface area contributed by atoms with E-state index in [2.05, 4.69) is 26.1 Å². The Kier molecular flexibility index (Phi) is 6.97. The second-order valence-electron chi connectivity index (χ2n) is 6.65. The van der Waals surface area contributed by atoms with Gasteiger partial charge in [0.25, 0.3) is 0 Å². The number of carbonyl (C=O) groups is 1. The van der Waals surface area contributed by atoms with Crippen molar-refractivity contribution in [1.29, 1.82) is 0 Å². The average molecular weight is 476 g/mol. The number of ether oxygens (including phenoxy) is 2. The van der Waals surface area contributed by atoms with Crippen LogP contribution in [-0.4, -0.2) is 32.1 Å². The van der Waals surface area contributed by atoms with Crippen molar-refractivity contribution in [1.82, 2.24) is 14.8 Å². The highest BCUT2D eigenvalue weighted by atomic mass is 79.9. The summed E-state index contributed by atoms with van der Waals surface area (Å²) >= 11 is 4.73. The number of aromatic nitrogens is 3. The first-order valence-corrected chi connectivity index (χ1v) is 10.8. The van der Waals surface area contributed by atoms with Crippen molar-refractivity contribution in [3.05, 3.63) is 64.9 Å². The monoisotopic (exact) mass is 475 g/mol. The molecule has 2 aromatic carbocycles. The lowest BCUT2D eigenvalue weighted by Gasteiger charge is -2.21. The second-order valence-corrected chi connectivity index (χ2v) is 9.15. The molecule has 29 heavy (non-hydrogen) atoms. The zero-order chi connectivity index (χ0) is 20.9. The molecule has 1 heterocycles. The van der Waals surface area contributed by atoms with Crippen molar-refractivity contribution in [3.8, 4) is 11.4 Å². The molecular weight excluding hydrogens is 454 g/mol. The van der Waals surface area contributed by atoms with Crippen LogP contribution in [0.5, 0.6) is 5.75 Å². The molecule has 0 bridgehead atoms. The fourth-order valence-corrected chi connectivity index (χ4v) is 3.80. The van der Waals surface area contributed by atoms with Gasteiger partial charge in [-0.1, -0.05) is 45.9 Å². The number of hydrogen-bond acceptors (Lipinski definition) is 6. The highest BCUT2D eigenvalue weighted by Gasteiger charge is 2.33. The minimum atomic E-state index is -0.806. The van der Waals surface area contributed by atoms with E-state index in [-0.39, 0.29) is 12.6 Å². The molecule has 0 fully saturated rings. The van der Waals surface area contributed by atoms with Crippen LogP contribution in [0.2, 0.25) is 0 Å². The Hall–Kier alpha value is -2.32. The Morgan fingerprint density at radius 3 is 2.45 bits per heavy atom. The molecule has 152 valence electrons. The number of hydrogen-bond donors (Lipinski definition) is 0. The quantitative estimate of drug-likeness (QED) is 0.335. The first-order valence-electron chi connectivity index (χ1n) is 9.15. The molecule has 0 aliphatic heterocycles. The largest absolute Gasteiger partial charge is 0.486 e. The predicted octanol–water partition coefficient (Wildman–Crippen LogP) is 5.04. The van der Waals surface area contributed by atoms with Gasteiger partial charge in [0, 0.05) is 10.2 Å². The van der Waals surface area contributed by atoms with Gasteiger partial charge in [-0.25, -0.2) is 0 Å². The van der Waals surface area contributed by atoms with Gasteiger partial charge in [0.15, 0.2) is 11.0 Å². The maximum Gasteiger partial charge on any atom is 0.322 e. The highest BCUT2D eigenvalue weighted by molar-refractivity contribution is 9.10. The summed E-state index contributed by atoms with van der Waals surface area (Å²) in [5, 5.41) is 9.25. The van der Waals surface area contributed by atoms with Crippen molar-refractivity contribution < 1.29 is 14.3 Å². The minimum absolute atomic E-state index is 0.240. The molecule has 3 rings (SSSR count). The van der Waals surface area contributed by atoms with Crippen molar-refractivity contribution in [3.63, 3.8) is 0 Å². The van der Waals surface area contributed by atoms with E-state index in [4.69, 9.17) is 9.47 Å². The molecule has 0 saturated heterocycles. The zero-order valence-corrected chi connectivity index (χ0v) is 18.9. The van der Waals surface area contributed by atoms with Crippen LogP contribution in [0.4, 0.5) is 0 Å². The van der Waals surface area contributed by atoms with E-state index in [9.17, 15) is 4.79 Å². The lowest BCUT2D eigenvalue weighted by Crippen LogP contribution is -2.30. The summed E-state index contributed by atoms with van der Waals surface area (Å²) in [6.07, 6.45) is 0. The van der Waals surface area contributed by atoms with Crippen molar-refractivity contribution in [2.24, 2.45) is 0 Å². The van der Waals surface area contributed by atoms with Crippen LogP contribution in [-0.2, 0) is 16.1 Å². The van der Waals surface area contributed by atoms with Crippen LogP contribution in [0.3, 0.4) is 0 Å². The number of rotatable bonds is 8. The average Bonchev–Trinajstić information content (AvgIpc) is 3.10. The molecule has 0 aliphatic rings. The summed E-state index contributed by atoms with van der Waals surface area (Å²) in [4.78, 5) is 12.3. The van der Waals surface area contributed by atoms with E-state index in [1.165, 1.54) is 11.8 Å². The fourth-order valence-electron chi connectivity index (χ4n) is 2.55. The first-order chi connectivity index (χ1) is 13.9. The summed E-state index contributed by atoms with van der Waals surface area (Å²) in [6, 6.07) is 17.4. The van der Waals surface area contributed by atoms with Crippen LogP contribution in [0.15, 0.2) is 64.2 Å². The second kappa shape index (κ2) is 9.45. The predicted molar refractivity (Wildman–Crippen MR) is 116 cm³/mol. The third-order valence-corrected chi connectivity index (χ3v) is 5.66. The van der Waals surface area contributed by atoms with Gasteiger partial charge in [0.05, 0.1) is 6.61 Å². The van der Waals surface area contributed by atoms with Gasteiger partial charge in [0.1, 0.15) is 17.1 Å². The Labute approximate surface area is 182 Å². The molecule has 3 aromatic rings. The van der Waals surface area contributed by atoms with E-state index in [1.54, 1.807) is 6.92 Å². The number of benzene rings is 2. The topological polar surface area (TPSA) is 66.2 Å². The number of halogens is 1. The summed E-state index contributed by atoms with van der Waals surface area (Å²) in [6.45, 7) is 6.00. The third-order valence-electron chi connectivity index (χ3n) is 4.01. The molecule has 6 nitrogen and oxygen atoms in total. The van der Waals surface area contributed by atoms with E-state index in [1.807, 2.05) is 73.0 Å². The maximum absolute atomic E-state index is 12.3. The standard InChI is InChI=1S/C21H22BrN3O3S/c1-4-27-19(26)21(2,3)29-20-24-23-18(25(20)16-8-6-5-7-9-16)14-28-17-12-10-15(22)11-13-17/h5-13H,4,14H2,1-3H3. The van der Waals surface area contributed by atoms with Gasteiger partial charge in [0.2, 0.25) is 0 Å². The van der Waals surface area contributed by atoms with E-state index in [0.29, 0.717) is 17.6 Å². The number of nitrogens with zero attached hydrogens (tertiary/aromatic N) is 3. The third kappa shape index (κ3) is 5.39. The van der Waals surface area contributed by atoms with Crippen LogP contribution >= 0.6 is 27.7 Å².